The summed E-state index contributed by atoms with van der Waals surface area (Å²) in [5.74, 6) is 0.742. The first-order valence-electron chi connectivity index (χ1n) is 10.7. The highest BCUT2D eigenvalue weighted by Gasteiger charge is 2.24. The second-order valence-electron chi connectivity index (χ2n) is 7.89. The fraction of sp³-hybridized carbons (Fsp3) is 0.375. The van der Waals surface area contributed by atoms with E-state index < -0.39 is 0 Å². The van der Waals surface area contributed by atoms with Crippen LogP contribution in [0.4, 0.5) is 0 Å². The highest BCUT2D eigenvalue weighted by atomic mass is 16.5. The van der Waals surface area contributed by atoms with E-state index in [2.05, 4.69) is 10.5 Å². The Bertz CT molecular complexity index is 1110. The molecule has 0 radical (unpaired) electrons. The van der Waals surface area contributed by atoms with Crippen molar-refractivity contribution in [2.24, 2.45) is 0 Å². The monoisotopic (exact) mass is 421 g/mol. The van der Waals surface area contributed by atoms with E-state index in [4.69, 9.17) is 9.26 Å². The third-order valence-corrected chi connectivity index (χ3v) is 5.75. The minimum absolute atomic E-state index is 0.134. The Kier molecular flexibility index (Phi) is 6.21. The maximum atomic E-state index is 13.3. The maximum absolute atomic E-state index is 13.3. The average Bonchev–Trinajstić information content (AvgIpc) is 2.95. The van der Waals surface area contributed by atoms with Crippen molar-refractivity contribution in [3.63, 3.8) is 0 Å². The zero-order valence-corrected chi connectivity index (χ0v) is 17.9. The molecule has 31 heavy (non-hydrogen) atoms. The second kappa shape index (κ2) is 9.20. The number of carbonyl (C=O) groups excluding carboxylic acids is 1. The zero-order valence-electron chi connectivity index (χ0n) is 17.9. The lowest BCUT2D eigenvalue weighted by molar-refractivity contribution is 0.0944. The number of nitrogens with zero attached hydrogens (tertiary/aromatic N) is 2. The Morgan fingerprint density at radius 3 is 2.74 bits per heavy atom. The van der Waals surface area contributed by atoms with Crippen molar-refractivity contribution in [2.75, 3.05) is 0 Å². The molecule has 3 heterocycles. The number of ether oxygens (including phenoxy) is 1. The van der Waals surface area contributed by atoms with Crippen molar-refractivity contribution < 1.29 is 14.1 Å². The van der Waals surface area contributed by atoms with Gasteiger partial charge in [0, 0.05) is 24.8 Å². The number of benzene rings is 1. The lowest BCUT2D eigenvalue weighted by Gasteiger charge is -2.19. The number of aromatic nitrogens is 2. The van der Waals surface area contributed by atoms with Crippen LogP contribution in [0.15, 0.2) is 45.7 Å². The van der Waals surface area contributed by atoms with Crippen LogP contribution in [-0.4, -0.2) is 15.6 Å². The van der Waals surface area contributed by atoms with Gasteiger partial charge in [-0.25, -0.2) is 0 Å². The lowest BCUT2D eigenvalue weighted by atomic mass is 10.1. The molecule has 0 spiro atoms. The van der Waals surface area contributed by atoms with Crippen molar-refractivity contribution in [3.05, 3.63) is 80.6 Å². The highest BCUT2D eigenvalue weighted by molar-refractivity contribution is 5.98. The predicted octanol–water partition coefficient (Wildman–Crippen LogP) is 3.69. The quantitative estimate of drug-likeness (QED) is 0.656. The minimum Gasteiger partial charge on any atom is -0.488 e. The first-order chi connectivity index (χ1) is 15.0. The van der Waals surface area contributed by atoms with Crippen molar-refractivity contribution in [1.82, 2.24) is 15.0 Å². The van der Waals surface area contributed by atoms with Gasteiger partial charge in [-0.15, -0.1) is 0 Å². The third kappa shape index (κ3) is 4.55. The molecular formula is C24H27N3O4. The van der Waals surface area contributed by atoms with Crippen LogP contribution in [0.5, 0.6) is 5.75 Å². The molecule has 7 heteroatoms. The van der Waals surface area contributed by atoms with E-state index in [1.807, 2.05) is 44.2 Å². The van der Waals surface area contributed by atoms with Gasteiger partial charge in [-0.1, -0.05) is 41.9 Å². The van der Waals surface area contributed by atoms with Gasteiger partial charge in [0.15, 0.2) is 0 Å². The Morgan fingerprint density at radius 1 is 1.19 bits per heavy atom. The minimum atomic E-state index is -0.233. The molecule has 0 fully saturated rings. The van der Waals surface area contributed by atoms with E-state index in [9.17, 15) is 9.59 Å². The van der Waals surface area contributed by atoms with E-state index in [0.29, 0.717) is 36.6 Å². The fourth-order valence-electron chi connectivity index (χ4n) is 4.00. The van der Waals surface area contributed by atoms with Gasteiger partial charge in [-0.2, -0.15) is 0 Å². The number of rotatable bonds is 6. The van der Waals surface area contributed by atoms with Gasteiger partial charge >= 0.3 is 0 Å². The number of pyridine rings is 1. The molecular weight excluding hydrogens is 394 g/mol. The van der Waals surface area contributed by atoms with Crippen LogP contribution in [0.2, 0.25) is 0 Å². The largest absolute Gasteiger partial charge is 0.488 e. The van der Waals surface area contributed by atoms with Gasteiger partial charge in [0.1, 0.15) is 23.7 Å². The molecule has 1 aromatic carbocycles. The van der Waals surface area contributed by atoms with Gasteiger partial charge < -0.3 is 19.1 Å². The van der Waals surface area contributed by atoms with Crippen LogP contribution < -0.4 is 15.6 Å². The number of nitrogens with one attached hydrogen (secondary N) is 1. The van der Waals surface area contributed by atoms with Crippen molar-refractivity contribution in [3.8, 4) is 5.75 Å². The van der Waals surface area contributed by atoms with Gasteiger partial charge in [0.05, 0.1) is 11.3 Å². The number of fused-ring (bicyclic) bond motifs is 1. The third-order valence-electron chi connectivity index (χ3n) is 5.75. The maximum Gasteiger partial charge on any atom is 0.257 e. The summed E-state index contributed by atoms with van der Waals surface area (Å²) in [6, 6.07) is 11.2. The molecule has 0 saturated heterocycles. The number of carbonyl (C=O) groups is 1. The summed E-state index contributed by atoms with van der Waals surface area (Å²) in [6.45, 7) is 4.87. The SMILES string of the molecule is Cc1noc(C)c1COc1cc(=O)n2c(c1C(=O)NCc1ccccc1)CCCCC2. The van der Waals surface area contributed by atoms with Crippen LogP contribution >= 0.6 is 0 Å². The van der Waals surface area contributed by atoms with Crippen LogP contribution in [0.1, 0.15) is 57.9 Å². The second-order valence-corrected chi connectivity index (χ2v) is 7.89. The van der Waals surface area contributed by atoms with Crippen LogP contribution in [-0.2, 0) is 26.1 Å². The summed E-state index contributed by atoms with van der Waals surface area (Å²) in [5, 5.41) is 6.95. The van der Waals surface area contributed by atoms with Crippen LogP contribution in [0, 0.1) is 13.8 Å². The standard InChI is InChI=1S/C24H27N3O4/c1-16-19(17(2)31-26-16)15-30-21-13-22(28)27-12-8-4-7-11-20(27)23(21)24(29)25-14-18-9-5-3-6-10-18/h3,5-6,9-10,13H,4,7-8,11-12,14-15H2,1-2H3,(H,25,29). The topological polar surface area (TPSA) is 86.4 Å². The van der Waals surface area contributed by atoms with E-state index in [0.717, 1.165) is 41.8 Å². The average molecular weight is 421 g/mol. The van der Waals surface area contributed by atoms with Crippen LogP contribution in [0.3, 0.4) is 0 Å². The van der Waals surface area contributed by atoms with Crippen molar-refractivity contribution in [1.29, 1.82) is 0 Å². The first-order valence-corrected chi connectivity index (χ1v) is 10.7. The van der Waals surface area contributed by atoms with Crippen LogP contribution in [0.25, 0.3) is 0 Å². The predicted molar refractivity (Wildman–Crippen MR) is 116 cm³/mol. The Labute approximate surface area is 181 Å². The molecule has 0 bridgehead atoms. The van der Waals surface area contributed by atoms with Gasteiger partial charge in [-0.05, 0) is 38.7 Å². The molecule has 1 aliphatic rings. The van der Waals surface area contributed by atoms with E-state index in [1.54, 1.807) is 4.57 Å². The van der Waals surface area contributed by atoms with E-state index in [1.165, 1.54) is 6.07 Å². The number of amides is 1. The molecule has 7 nitrogen and oxygen atoms in total. The molecule has 4 rings (SSSR count). The smallest absolute Gasteiger partial charge is 0.257 e. The molecule has 0 aliphatic carbocycles. The number of hydrogen-bond acceptors (Lipinski definition) is 5. The molecule has 0 unspecified atom stereocenters. The Hall–Kier alpha value is -3.35. The zero-order chi connectivity index (χ0) is 21.8. The summed E-state index contributed by atoms with van der Waals surface area (Å²) in [7, 11) is 0. The van der Waals surface area contributed by atoms with E-state index >= 15 is 0 Å². The molecule has 1 N–H and O–H groups in total. The van der Waals surface area contributed by atoms with Crippen molar-refractivity contribution >= 4 is 5.91 Å². The molecule has 1 aliphatic heterocycles. The van der Waals surface area contributed by atoms with Gasteiger partial charge in [0.25, 0.3) is 11.5 Å². The Balaban J connectivity index is 1.67. The summed E-state index contributed by atoms with van der Waals surface area (Å²) >= 11 is 0. The highest BCUT2D eigenvalue weighted by Crippen LogP contribution is 2.26. The normalized spacial score (nSPS) is 13.4. The molecule has 162 valence electrons. The summed E-state index contributed by atoms with van der Waals surface area (Å²) in [6.07, 6.45) is 3.57. The lowest BCUT2D eigenvalue weighted by Crippen LogP contribution is -2.31. The molecule has 3 aromatic rings. The summed E-state index contributed by atoms with van der Waals surface area (Å²) in [5.41, 5.74) is 3.64. The summed E-state index contributed by atoms with van der Waals surface area (Å²) < 4.78 is 13.0. The van der Waals surface area contributed by atoms with Gasteiger partial charge in [0.2, 0.25) is 0 Å². The summed E-state index contributed by atoms with van der Waals surface area (Å²) in [4.78, 5) is 26.1. The van der Waals surface area contributed by atoms with Crippen molar-refractivity contribution in [2.45, 2.75) is 59.2 Å². The molecule has 2 aromatic heterocycles. The van der Waals surface area contributed by atoms with Gasteiger partial charge in [-0.3, -0.25) is 9.59 Å². The molecule has 0 saturated carbocycles. The fourth-order valence-corrected chi connectivity index (χ4v) is 4.00. The number of aryl methyl sites for hydroxylation is 2. The first kappa shape index (κ1) is 20.9. The Morgan fingerprint density at radius 2 is 2.00 bits per heavy atom. The van der Waals surface area contributed by atoms with E-state index in [-0.39, 0.29) is 18.1 Å². The molecule has 1 amide bonds. The molecule has 0 atom stereocenters. The number of hydrogen-bond donors (Lipinski definition) is 1.